The van der Waals surface area contributed by atoms with Gasteiger partial charge in [0.2, 0.25) is 0 Å². The lowest BCUT2D eigenvalue weighted by molar-refractivity contribution is -0.0767. The molecule has 0 bridgehead atoms. The van der Waals surface area contributed by atoms with Crippen LogP contribution in [0.25, 0.3) is 0 Å². The molecule has 0 radical (unpaired) electrons. The molecule has 2 unspecified atom stereocenters. The number of hydrogen-bond donors (Lipinski definition) is 1. The summed E-state index contributed by atoms with van der Waals surface area (Å²) in [6.45, 7) is 10.5. The second-order valence-electron chi connectivity index (χ2n) is 6.83. The maximum absolute atomic E-state index is 6.48. The van der Waals surface area contributed by atoms with E-state index in [0.717, 1.165) is 22.6 Å². The molecule has 0 saturated carbocycles. The molecule has 1 saturated heterocycles. The molecule has 106 valence electrons. The maximum Gasteiger partial charge on any atom is 0.0680 e. The first-order chi connectivity index (χ1) is 8.62. The molecule has 1 aromatic rings. The molecular weight excluding hydrogens is 258 g/mol. The van der Waals surface area contributed by atoms with Gasteiger partial charge in [-0.15, -0.1) is 0 Å². The van der Waals surface area contributed by atoms with Crippen LogP contribution in [0.3, 0.4) is 0 Å². The van der Waals surface area contributed by atoms with Gasteiger partial charge in [-0.2, -0.15) is 0 Å². The molecule has 0 amide bonds. The third kappa shape index (κ3) is 2.96. The van der Waals surface area contributed by atoms with Crippen molar-refractivity contribution < 1.29 is 4.74 Å². The first-order valence-corrected chi connectivity index (χ1v) is 7.22. The third-order valence-electron chi connectivity index (χ3n) is 4.09. The van der Waals surface area contributed by atoms with Crippen LogP contribution >= 0.6 is 11.6 Å². The summed E-state index contributed by atoms with van der Waals surface area (Å²) in [5, 5.41) is 0.757. The Labute approximate surface area is 121 Å². The lowest BCUT2D eigenvalue weighted by atomic mass is 9.79. The maximum atomic E-state index is 6.48. The molecule has 0 spiro atoms. The van der Waals surface area contributed by atoms with Crippen molar-refractivity contribution in [1.82, 2.24) is 0 Å². The summed E-state index contributed by atoms with van der Waals surface area (Å²) in [5.74, 6) is 0.266. The van der Waals surface area contributed by atoms with Crippen LogP contribution in [0.15, 0.2) is 18.2 Å². The Balaban J connectivity index is 2.31. The van der Waals surface area contributed by atoms with Gasteiger partial charge in [-0.05, 0) is 58.2 Å². The number of benzene rings is 1. The Morgan fingerprint density at radius 3 is 2.42 bits per heavy atom. The molecule has 1 heterocycles. The SMILES string of the molecule is Cc1ccc(C(N)C2CC(C)(C)OC2(C)C)c(Cl)c1. The van der Waals surface area contributed by atoms with E-state index in [9.17, 15) is 0 Å². The number of hydrogen-bond acceptors (Lipinski definition) is 2. The van der Waals surface area contributed by atoms with Gasteiger partial charge >= 0.3 is 0 Å². The highest BCUT2D eigenvalue weighted by atomic mass is 35.5. The van der Waals surface area contributed by atoms with Gasteiger partial charge in [0.15, 0.2) is 0 Å². The van der Waals surface area contributed by atoms with Crippen molar-refractivity contribution >= 4 is 11.6 Å². The van der Waals surface area contributed by atoms with Crippen molar-refractivity contribution in [3.8, 4) is 0 Å². The van der Waals surface area contributed by atoms with Crippen LogP contribution in [0.4, 0.5) is 0 Å². The summed E-state index contributed by atoms with van der Waals surface area (Å²) < 4.78 is 6.13. The second kappa shape index (κ2) is 4.76. The number of halogens is 1. The van der Waals surface area contributed by atoms with E-state index in [4.69, 9.17) is 22.1 Å². The zero-order valence-corrected chi connectivity index (χ0v) is 13.2. The van der Waals surface area contributed by atoms with E-state index < -0.39 is 0 Å². The molecule has 3 heteroatoms. The number of ether oxygens (including phenoxy) is 1. The second-order valence-corrected chi connectivity index (χ2v) is 7.23. The van der Waals surface area contributed by atoms with Crippen molar-refractivity contribution in [3.63, 3.8) is 0 Å². The van der Waals surface area contributed by atoms with Gasteiger partial charge < -0.3 is 10.5 Å². The molecular formula is C16H24ClNO. The first kappa shape index (κ1) is 14.8. The highest BCUT2D eigenvalue weighted by molar-refractivity contribution is 6.31. The minimum Gasteiger partial charge on any atom is -0.369 e. The molecule has 2 N–H and O–H groups in total. The molecule has 2 nitrogen and oxygen atoms in total. The molecule has 19 heavy (non-hydrogen) atoms. The minimum absolute atomic E-state index is 0.0927. The van der Waals surface area contributed by atoms with Gasteiger partial charge in [-0.3, -0.25) is 0 Å². The van der Waals surface area contributed by atoms with Crippen molar-refractivity contribution in [1.29, 1.82) is 0 Å². The van der Waals surface area contributed by atoms with Crippen molar-refractivity contribution in [3.05, 3.63) is 34.3 Å². The van der Waals surface area contributed by atoms with Gasteiger partial charge in [0.05, 0.1) is 11.2 Å². The fraction of sp³-hybridized carbons (Fsp3) is 0.625. The molecule has 1 aliphatic rings. The van der Waals surface area contributed by atoms with Crippen molar-refractivity contribution in [2.24, 2.45) is 11.7 Å². The lowest BCUT2D eigenvalue weighted by Crippen LogP contribution is -2.36. The fourth-order valence-electron chi connectivity index (χ4n) is 3.28. The van der Waals surface area contributed by atoms with Crippen LogP contribution in [0.5, 0.6) is 0 Å². The lowest BCUT2D eigenvalue weighted by Gasteiger charge is -2.31. The Hall–Kier alpha value is -0.570. The van der Waals surface area contributed by atoms with Crippen LogP contribution in [0.1, 0.15) is 51.3 Å². The van der Waals surface area contributed by atoms with E-state index in [1.807, 2.05) is 19.1 Å². The summed E-state index contributed by atoms with van der Waals surface area (Å²) >= 11 is 6.35. The predicted octanol–water partition coefficient (Wildman–Crippen LogP) is 4.24. The van der Waals surface area contributed by atoms with E-state index in [1.54, 1.807) is 0 Å². The summed E-state index contributed by atoms with van der Waals surface area (Å²) in [6.07, 6.45) is 0.950. The van der Waals surface area contributed by atoms with E-state index in [-0.39, 0.29) is 23.2 Å². The topological polar surface area (TPSA) is 35.2 Å². The standard InChI is InChI=1S/C16H24ClNO/c1-10-6-7-11(13(17)8-10)14(18)12-9-15(2,3)19-16(12,4)5/h6-8,12,14H,9,18H2,1-5H3. The highest BCUT2D eigenvalue weighted by Crippen LogP contribution is 2.47. The van der Waals surface area contributed by atoms with Crippen molar-refractivity contribution in [2.45, 2.75) is 58.3 Å². The average molecular weight is 282 g/mol. The molecule has 1 aromatic carbocycles. The Bertz CT molecular complexity index is 482. The molecule has 2 rings (SSSR count). The Morgan fingerprint density at radius 2 is 1.95 bits per heavy atom. The number of rotatable bonds is 2. The zero-order valence-electron chi connectivity index (χ0n) is 12.5. The van der Waals surface area contributed by atoms with Crippen LogP contribution in [-0.2, 0) is 4.74 Å². The zero-order chi connectivity index (χ0) is 14.4. The van der Waals surface area contributed by atoms with Crippen LogP contribution in [0, 0.1) is 12.8 Å². The third-order valence-corrected chi connectivity index (χ3v) is 4.42. The van der Waals surface area contributed by atoms with E-state index in [0.29, 0.717) is 0 Å². The molecule has 2 atom stereocenters. The van der Waals surface area contributed by atoms with E-state index >= 15 is 0 Å². The smallest absolute Gasteiger partial charge is 0.0680 e. The van der Waals surface area contributed by atoms with Crippen LogP contribution in [0.2, 0.25) is 5.02 Å². The van der Waals surface area contributed by atoms with Gasteiger partial charge in [-0.25, -0.2) is 0 Å². The van der Waals surface area contributed by atoms with Crippen LogP contribution < -0.4 is 5.73 Å². The monoisotopic (exact) mass is 281 g/mol. The summed E-state index contributed by atoms with van der Waals surface area (Å²) in [4.78, 5) is 0. The average Bonchev–Trinajstić information content (AvgIpc) is 2.45. The van der Waals surface area contributed by atoms with Crippen molar-refractivity contribution in [2.75, 3.05) is 0 Å². The molecule has 1 fully saturated rings. The van der Waals surface area contributed by atoms with E-state index in [1.165, 1.54) is 0 Å². The van der Waals surface area contributed by atoms with Gasteiger partial charge in [-0.1, -0.05) is 23.7 Å². The van der Waals surface area contributed by atoms with Gasteiger partial charge in [0, 0.05) is 17.0 Å². The van der Waals surface area contributed by atoms with Gasteiger partial charge in [0.25, 0.3) is 0 Å². The fourth-order valence-corrected chi connectivity index (χ4v) is 3.64. The first-order valence-electron chi connectivity index (χ1n) is 6.84. The Kier molecular flexibility index (Phi) is 3.72. The summed E-state index contributed by atoms with van der Waals surface area (Å²) in [6, 6.07) is 5.99. The summed E-state index contributed by atoms with van der Waals surface area (Å²) in [5.41, 5.74) is 8.31. The molecule has 1 aliphatic heterocycles. The quantitative estimate of drug-likeness (QED) is 0.880. The Morgan fingerprint density at radius 1 is 1.32 bits per heavy atom. The minimum atomic E-state index is -0.225. The number of aryl methyl sites for hydroxylation is 1. The number of nitrogens with two attached hydrogens (primary N) is 1. The summed E-state index contributed by atoms with van der Waals surface area (Å²) in [7, 11) is 0. The van der Waals surface area contributed by atoms with Crippen LogP contribution in [-0.4, -0.2) is 11.2 Å². The molecule has 0 aliphatic carbocycles. The normalized spacial score (nSPS) is 26.4. The predicted molar refractivity (Wildman–Crippen MR) is 80.5 cm³/mol. The largest absolute Gasteiger partial charge is 0.369 e. The molecule has 0 aromatic heterocycles. The van der Waals surface area contributed by atoms with Gasteiger partial charge in [0.1, 0.15) is 0 Å². The highest BCUT2D eigenvalue weighted by Gasteiger charge is 2.48. The van der Waals surface area contributed by atoms with E-state index in [2.05, 4.69) is 33.8 Å².